The number of nitrogens with one attached hydrogen (secondary N) is 2. The Kier molecular flexibility index (Phi) is 6.50. The molecule has 0 unspecified atom stereocenters. The molecule has 0 aliphatic carbocycles. The molecule has 0 spiro atoms. The van der Waals surface area contributed by atoms with Gasteiger partial charge in [0.2, 0.25) is 0 Å². The lowest BCUT2D eigenvalue weighted by atomic mass is 10.1. The number of aryl methyl sites for hydroxylation is 3. The Bertz CT molecular complexity index is 1340. The van der Waals surface area contributed by atoms with Crippen LogP contribution in [0, 0.1) is 13.8 Å². The molecule has 4 rings (SSSR count). The zero-order valence-electron chi connectivity index (χ0n) is 18.4. The van der Waals surface area contributed by atoms with Gasteiger partial charge in [-0.15, -0.1) is 22.7 Å². The predicted molar refractivity (Wildman–Crippen MR) is 130 cm³/mol. The van der Waals surface area contributed by atoms with Crippen LogP contribution in [-0.2, 0) is 17.8 Å². The van der Waals surface area contributed by atoms with E-state index in [0.717, 1.165) is 29.0 Å². The molecule has 0 saturated carbocycles. The Morgan fingerprint density at radius 1 is 1.16 bits per heavy atom. The highest BCUT2D eigenvalue weighted by Crippen LogP contribution is 2.32. The molecule has 4 aromatic rings. The summed E-state index contributed by atoms with van der Waals surface area (Å²) < 4.78 is 5.05. The number of nitrogens with zero attached hydrogens (tertiary/aromatic N) is 2. The number of H-pyrrole nitrogens is 1. The highest BCUT2D eigenvalue weighted by molar-refractivity contribution is 7.21. The molecule has 3 heterocycles. The summed E-state index contributed by atoms with van der Waals surface area (Å²) in [7, 11) is 1.53. The highest BCUT2D eigenvalue weighted by Gasteiger charge is 2.21. The molecule has 1 aromatic carbocycles. The number of hydrogen-bond acceptors (Lipinski definition) is 7. The van der Waals surface area contributed by atoms with Gasteiger partial charge < -0.3 is 9.72 Å². The molecule has 0 radical (unpaired) electrons. The second kappa shape index (κ2) is 9.32. The van der Waals surface area contributed by atoms with Gasteiger partial charge in [0.15, 0.2) is 5.13 Å². The number of methoxy groups -OCH3 is 1. The summed E-state index contributed by atoms with van der Waals surface area (Å²) >= 11 is 2.63. The lowest BCUT2D eigenvalue weighted by molar-refractivity contribution is 0.103. The first kappa shape index (κ1) is 22.3. The lowest BCUT2D eigenvalue weighted by Crippen LogP contribution is -2.13. The lowest BCUT2D eigenvalue weighted by Gasteiger charge is -2.02. The van der Waals surface area contributed by atoms with Crippen LogP contribution >= 0.6 is 22.7 Å². The van der Waals surface area contributed by atoms with Crippen molar-refractivity contribution in [2.75, 3.05) is 12.4 Å². The van der Waals surface area contributed by atoms with Crippen molar-refractivity contribution in [3.05, 3.63) is 61.3 Å². The maximum atomic E-state index is 13.0. The fourth-order valence-electron chi connectivity index (χ4n) is 3.60. The maximum absolute atomic E-state index is 13.0. The quantitative estimate of drug-likeness (QED) is 0.394. The summed E-state index contributed by atoms with van der Waals surface area (Å²) in [5.41, 5.74) is 3.53. The van der Waals surface area contributed by atoms with Crippen molar-refractivity contribution in [1.29, 1.82) is 0 Å². The molecule has 7 nitrogen and oxygen atoms in total. The number of rotatable bonds is 7. The van der Waals surface area contributed by atoms with E-state index in [1.165, 1.54) is 35.3 Å². The van der Waals surface area contributed by atoms with Gasteiger partial charge >= 0.3 is 0 Å². The number of carbonyl (C=O) groups excluding carboxylic acids is 1. The van der Waals surface area contributed by atoms with E-state index in [-0.39, 0.29) is 18.1 Å². The molecular formula is C23H24N4O3S2. The molecule has 0 fully saturated rings. The minimum Gasteiger partial charge on any atom is -0.377 e. The van der Waals surface area contributed by atoms with Gasteiger partial charge in [-0.3, -0.25) is 14.9 Å². The Balaban J connectivity index is 1.60. The first-order valence-corrected chi connectivity index (χ1v) is 11.9. The van der Waals surface area contributed by atoms with Gasteiger partial charge in [0.1, 0.15) is 17.3 Å². The normalized spacial score (nSPS) is 11.2. The second-order valence-electron chi connectivity index (χ2n) is 7.51. The minimum absolute atomic E-state index is 0.199. The molecule has 3 aromatic heterocycles. The molecule has 1 amide bonds. The number of aromatic nitrogens is 3. The molecule has 2 N–H and O–H groups in total. The number of ether oxygens (including phenoxy) is 1. The molecule has 0 bridgehead atoms. The van der Waals surface area contributed by atoms with Crippen molar-refractivity contribution in [3.8, 4) is 11.3 Å². The number of aromatic amines is 1. The molecule has 0 atom stereocenters. The van der Waals surface area contributed by atoms with Gasteiger partial charge in [0.05, 0.1) is 16.0 Å². The van der Waals surface area contributed by atoms with E-state index >= 15 is 0 Å². The number of amides is 1. The summed E-state index contributed by atoms with van der Waals surface area (Å²) in [6.45, 7) is 6.12. The average Bonchev–Trinajstić information content (AvgIpc) is 3.29. The SMILES string of the molecule is CCCc1ccc(-c2nc(NC(=O)c3sc4nc(COC)[nH]c(=O)c4c3C)sc2C)cc1. The van der Waals surface area contributed by atoms with E-state index in [1.807, 2.05) is 6.92 Å². The Hall–Kier alpha value is -2.88. The Morgan fingerprint density at radius 2 is 1.91 bits per heavy atom. The van der Waals surface area contributed by atoms with Crippen molar-refractivity contribution in [2.24, 2.45) is 0 Å². The average molecular weight is 469 g/mol. The standard InChI is InChI=1S/C23H24N4O3S2/c1-5-6-14-7-9-15(10-8-14)18-13(3)31-23(26-18)27-21(29)19-12(2)17-20(28)24-16(11-30-4)25-22(17)32-19/h7-10H,5-6,11H2,1-4H3,(H,24,25,28)(H,26,27,29). The smallest absolute Gasteiger partial charge is 0.267 e. The summed E-state index contributed by atoms with van der Waals surface area (Å²) in [5.74, 6) is 0.139. The summed E-state index contributed by atoms with van der Waals surface area (Å²) in [5, 5.41) is 3.86. The fourth-order valence-corrected chi connectivity index (χ4v) is 5.53. The number of anilines is 1. The van der Waals surface area contributed by atoms with Crippen LogP contribution in [0.2, 0.25) is 0 Å². The molecule has 9 heteroatoms. The summed E-state index contributed by atoms with van der Waals surface area (Å²) in [6.07, 6.45) is 2.16. The van der Waals surface area contributed by atoms with Crippen molar-refractivity contribution < 1.29 is 9.53 Å². The van der Waals surface area contributed by atoms with Gasteiger partial charge in [0.25, 0.3) is 11.5 Å². The van der Waals surface area contributed by atoms with Crippen LogP contribution in [0.15, 0.2) is 29.1 Å². The number of fused-ring (bicyclic) bond motifs is 1. The number of carbonyl (C=O) groups is 1. The van der Waals surface area contributed by atoms with Gasteiger partial charge in [-0.2, -0.15) is 0 Å². The highest BCUT2D eigenvalue weighted by atomic mass is 32.1. The van der Waals surface area contributed by atoms with E-state index in [4.69, 9.17) is 4.74 Å². The number of thiazole rings is 1. The number of benzene rings is 1. The van der Waals surface area contributed by atoms with E-state index in [2.05, 4.69) is 51.5 Å². The van der Waals surface area contributed by atoms with Crippen LogP contribution in [0.5, 0.6) is 0 Å². The van der Waals surface area contributed by atoms with Crippen LogP contribution in [-0.4, -0.2) is 28.0 Å². The van der Waals surface area contributed by atoms with Crippen molar-refractivity contribution in [2.45, 2.75) is 40.2 Å². The van der Waals surface area contributed by atoms with E-state index in [1.54, 1.807) is 6.92 Å². The van der Waals surface area contributed by atoms with Crippen molar-refractivity contribution >= 4 is 43.9 Å². The first-order chi connectivity index (χ1) is 15.4. The van der Waals surface area contributed by atoms with Gasteiger partial charge in [-0.05, 0) is 31.4 Å². The van der Waals surface area contributed by atoms with Crippen LogP contribution in [0.25, 0.3) is 21.5 Å². The van der Waals surface area contributed by atoms with Gasteiger partial charge in [-0.25, -0.2) is 9.97 Å². The Labute approximate surface area is 193 Å². The van der Waals surface area contributed by atoms with Crippen LogP contribution in [0.1, 0.15) is 44.8 Å². The third-order valence-corrected chi connectivity index (χ3v) is 7.19. The van der Waals surface area contributed by atoms with Gasteiger partial charge in [0, 0.05) is 17.6 Å². The molecule has 166 valence electrons. The predicted octanol–water partition coefficient (Wildman–Crippen LogP) is 5.08. The van der Waals surface area contributed by atoms with Crippen molar-refractivity contribution in [3.63, 3.8) is 0 Å². The summed E-state index contributed by atoms with van der Waals surface area (Å²) in [4.78, 5) is 39.3. The fraction of sp³-hybridized carbons (Fsp3) is 0.304. The largest absolute Gasteiger partial charge is 0.377 e. The zero-order chi connectivity index (χ0) is 22.8. The summed E-state index contributed by atoms with van der Waals surface area (Å²) in [6, 6.07) is 8.40. The minimum atomic E-state index is -0.295. The second-order valence-corrected chi connectivity index (χ2v) is 9.71. The molecule has 0 aliphatic rings. The van der Waals surface area contributed by atoms with Crippen LogP contribution in [0.3, 0.4) is 0 Å². The third-order valence-electron chi connectivity index (χ3n) is 5.12. The first-order valence-electron chi connectivity index (χ1n) is 10.3. The number of hydrogen-bond donors (Lipinski definition) is 2. The zero-order valence-corrected chi connectivity index (χ0v) is 20.0. The van der Waals surface area contributed by atoms with Gasteiger partial charge in [-0.1, -0.05) is 37.6 Å². The van der Waals surface area contributed by atoms with Crippen molar-refractivity contribution in [1.82, 2.24) is 15.0 Å². The monoisotopic (exact) mass is 468 g/mol. The van der Waals surface area contributed by atoms with Crippen LogP contribution in [0.4, 0.5) is 5.13 Å². The van der Waals surface area contributed by atoms with E-state index in [0.29, 0.717) is 31.6 Å². The molecule has 32 heavy (non-hydrogen) atoms. The van der Waals surface area contributed by atoms with E-state index < -0.39 is 0 Å². The third kappa shape index (κ3) is 4.36. The molecular weight excluding hydrogens is 444 g/mol. The maximum Gasteiger partial charge on any atom is 0.267 e. The Morgan fingerprint density at radius 3 is 2.59 bits per heavy atom. The number of thiophene rings is 1. The molecule has 0 aliphatic heterocycles. The van der Waals surface area contributed by atoms with Crippen LogP contribution < -0.4 is 10.9 Å². The topological polar surface area (TPSA) is 97.0 Å². The van der Waals surface area contributed by atoms with E-state index in [9.17, 15) is 9.59 Å². The molecule has 0 saturated heterocycles.